The van der Waals surface area contributed by atoms with Gasteiger partial charge in [-0.05, 0) is 31.4 Å². The summed E-state index contributed by atoms with van der Waals surface area (Å²) >= 11 is 0. The molecule has 4 nitrogen and oxygen atoms in total. The SMILES string of the molecule is COC(=O)c1cccc(OC2CCC2)c1N. The molecule has 0 aromatic heterocycles. The molecule has 0 bridgehead atoms. The van der Waals surface area contributed by atoms with Crippen LogP contribution in [0.3, 0.4) is 0 Å². The van der Waals surface area contributed by atoms with Gasteiger partial charge >= 0.3 is 5.97 Å². The van der Waals surface area contributed by atoms with E-state index in [2.05, 4.69) is 4.74 Å². The van der Waals surface area contributed by atoms with Crippen LogP contribution in [0.1, 0.15) is 29.6 Å². The van der Waals surface area contributed by atoms with E-state index in [0.717, 1.165) is 12.8 Å². The summed E-state index contributed by atoms with van der Waals surface area (Å²) in [5.41, 5.74) is 6.58. The summed E-state index contributed by atoms with van der Waals surface area (Å²) in [5, 5.41) is 0. The number of carbonyl (C=O) groups is 1. The maximum Gasteiger partial charge on any atom is 0.340 e. The van der Waals surface area contributed by atoms with Crippen molar-refractivity contribution in [2.75, 3.05) is 12.8 Å². The van der Waals surface area contributed by atoms with Gasteiger partial charge < -0.3 is 15.2 Å². The Bertz CT molecular complexity index is 399. The highest BCUT2D eigenvalue weighted by Gasteiger charge is 2.21. The summed E-state index contributed by atoms with van der Waals surface area (Å²) in [6, 6.07) is 5.16. The molecule has 0 spiro atoms. The number of hydrogen-bond donors (Lipinski definition) is 1. The normalized spacial score (nSPS) is 15.3. The monoisotopic (exact) mass is 221 g/mol. The molecule has 2 rings (SSSR count). The first kappa shape index (κ1) is 10.8. The summed E-state index contributed by atoms with van der Waals surface area (Å²) in [5.74, 6) is 0.143. The smallest absolute Gasteiger partial charge is 0.340 e. The molecule has 1 saturated carbocycles. The zero-order chi connectivity index (χ0) is 11.5. The maximum absolute atomic E-state index is 11.4. The molecule has 1 aliphatic carbocycles. The maximum atomic E-state index is 11.4. The number of nitrogens with two attached hydrogens (primary N) is 1. The van der Waals surface area contributed by atoms with Crippen LogP contribution in [0.15, 0.2) is 18.2 Å². The third-order valence-electron chi connectivity index (χ3n) is 2.82. The average Bonchev–Trinajstić information content (AvgIpc) is 2.24. The minimum absolute atomic E-state index is 0.246. The number of benzene rings is 1. The molecule has 16 heavy (non-hydrogen) atoms. The van der Waals surface area contributed by atoms with Crippen LogP contribution in [-0.4, -0.2) is 19.2 Å². The fraction of sp³-hybridized carbons (Fsp3) is 0.417. The highest BCUT2D eigenvalue weighted by molar-refractivity contribution is 5.96. The van der Waals surface area contributed by atoms with E-state index in [0.29, 0.717) is 17.0 Å². The van der Waals surface area contributed by atoms with Crippen LogP contribution >= 0.6 is 0 Å². The van der Waals surface area contributed by atoms with Gasteiger partial charge in [0, 0.05) is 0 Å². The van der Waals surface area contributed by atoms with E-state index in [-0.39, 0.29) is 6.10 Å². The van der Waals surface area contributed by atoms with Crippen LogP contribution in [0.2, 0.25) is 0 Å². The molecule has 0 heterocycles. The van der Waals surface area contributed by atoms with Crippen molar-refractivity contribution in [1.82, 2.24) is 0 Å². The number of methoxy groups -OCH3 is 1. The second-order valence-electron chi connectivity index (χ2n) is 3.88. The van der Waals surface area contributed by atoms with E-state index in [9.17, 15) is 4.79 Å². The number of hydrogen-bond acceptors (Lipinski definition) is 4. The van der Waals surface area contributed by atoms with Crippen molar-refractivity contribution >= 4 is 11.7 Å². The molecular formula is C12H15NO3. The number of anilines is 1. The summed E-state index contributed by atoms with van der Waals surface area (Å²) in [6.07, 6.45) is 3.56. The van der Waals surface area contributed by atoms with Gasteiger partial charge in [-0.1, -0.05) is 6.07 Å². The highest BCUT2D eigenvalue weighted by atomic mass is 16.5. The molecule has 0 aliphatic heterocycles. The van der Waals surface area contributed by atoms with Crippen molar-refractivity contribution in [3.8, 4) is 5.75 Å². The third kappa shape index (κ3) is 1.96. The first-order valence-electron chi connectivity index (χ1n) is 5.36. The van der Waals surface area contributed by atoms with Gasteiger partial charge in [0.05, 0.1) is 24.5 Å². The Labute approximate surface area is 94.3 Å². The zero-order valence-corrected chi connectivity index (χ0v) is 9.23. The van der Waals surface area contributed by atoms with Gasteiger partial charge in [0.25, 0.3) is 0 Å². The Morgan fingerprint density at radius 1 is 1.44 bits per heavy atom. The number of para-hydroxylation sites is 1. The molecule has 0 atom stereocenters. The molecule has 1 aromatic carbocycles. The van der Waals surface area contributed by atoms with Crippen molar-refractivity contribution in [3.63, 3.8) is 0 Å². The largest absolute Gasteiger partial charge is 0.488 e. The van der Waals surface area contributed by atoms with Crippen molar-refractivity contribution in [2.45, 2.75) is 25.4 Å². The van der Waals surface area contributed by atoms with Crippen LogP contribution < -0.4 is 10.5 Å². The molecule has 1 fully saturated rings. The number of esters is 1. The number of rotatable bonds is 3. The minimum atomic E-state index is -0.434. The summed E-state index contributed by atoms with van der Waals surface area (Å²) in [4.78, 5) is 11.4. The lowest BCUT2D eigenvalue weighted by Gasteiger charge is -2.27. The third-order valence-corrected chi connectivity index (χ3v) is 2.82. The Kier molecular flexibility index (Phi) is 2.99. The number of carbonyl (C=O) groups excluding carboxylic acids is 1. The van der Waals surface area contributed by atoms with Crippen molar-refractivity contribution in [3.05, 3.63) is 23.8 Å². The second-order valence-corrected chi connectivity index (χ2v) is 3.88. The van der Waals surface area contributed by atoms with E-state index in [1.165, 1.54) is 13.5 Å². The molecule has 1 aromatic rings. The Balaban J connectivity index is 2.21. The predicted octanol–water partition coefficient (Wildman–Crippen LogP) is 1.99. The van der Waals surface area contributed by atoms with Gasteiger partial charge in [-0.2, -0.15) is 0 Å². The standard InChI is InChI=1S/C12H15NO3/c1-15-12(14)9-6-3-7-10(11(9)13)16-8-4-2-5-8/h3,6-8H,2,4-5,13H2,1H3. The fourth-order valence-corrected chi connectivity index (χ4v) is 1.60. The van der Waals surface area contributed by atoms with Gasteiger partial charge in [0.15, 0.2) is 0 Å². The average molecular weight is 221 g/mol. The molecule has 0 radical (unpaired) electrons. The first-order chi connectivity index (χ1) is 7.72. The van der Waals surface area contributed by atoms with Crippen LogP contribution in [-0.2, 0) is 4.74 Å². The van der Waals surface area contributed by atoms with E-state index >= 15 is 0 Å². The molecule has 0 saturated heterocycles. The van der Waals surface area contributed by atoms with E-state index in [1.807, 2.05) is 0 Å². The van der Waals surface area contributed by atoms with Crippen LogP contribution in [0, 0.1) is 0 Å². The minimum Gasteiger partial charge on any atom is -0.488 e. The van der Waals surface area contributed by atoms with Crippen molar-refractivity contribution in [2.24, 2.45) is 0 Å². The Morgan fingerprint density at radius 3 is 2.75 bits per heavy atom. The van der Waals surface area contributed by atoms with Gasteiger partial charge in [0.1, 0.15) is 5.75 Å². The Morgan fingerprint density at radius 2 is 2.19 bits per heavy atom. The van der Waals surface area contributed by atoms with Crippen molar-refractivity contribution < 1.29 is 14.3 Å². The lowest BCUT2D eigenvalue weighted by atomic mass is 9.96. The number of nitrogen functional groups attached to an aromatic ring is 1. The van der Waals surface area contributed by atoms with Gasteiger partial charge in [-0.15, -0.1) is 0 Å². The molecule has 4 heteroatoms. The molecule has 86 valence electrons. The second kappa shape index (κ2) is 4.43. The summed E-state index contributed by atoms with van der Waals surface area (Å²) < 4.78 is 10.3. The fourth-order valence-electron chi connectivity index (χ4n) is 1.60. The van der Waals surface area contributed by atoms with Crippen LogP contribution in [0.25, 0.3) is 0 Å². The van der Waals surface area contributed by atoms with E-state index in [1.54, 1.807) is 18.2 Å². The predicted molar refractivity (Wildman–Crippen MR) is 60.5 cm³/mol. The summed E-state index contributed by atoms with van der Waals surface area (Å²) in [6.45, 7) is 0. The van der Waals surface area contributed by atoms with Gasteiger partial charge in [0.2, 0.25) is 0 Å². The number of ether oxygens (including phenoxy) is 2. The molecule has 0 amide bonds. The lowest BCUT2D eigenvalue weighted by molar-refractivity contribution is 0.0600. The Hall–Kier alpha value is -1.71. The van der Waals surface area contributed by atoms with Crippen LogP contribution in [0.4, 0.5) is 5.69 Å². The van der Waals surface area contributed by atoms with Gasteiger partial charge in [-0.3, -0.25) is 0 Å². The van der Waals surface area contributed by atoms with Crippen LogP contribution in [0.5, 0.6) is 5.75 Å². The zero-order valence-electron chi connectivity index (χ0n) is 9.23. The molecule has 1 aliphatic rings. The topological polar surface area (TPSA) is 61.5 Å². The van der Waals surface area contributed by atoms with Gasteiger partial charge in [-0.25, -0.2) is 4.79 Å². The summed E-state index contributed by atoms with van der Waals surface area (Å²) in [7, 11) is 1.33. The van der Waals surface area contributed by atoms with E-state index in [4.69, 9.17) is 10.5 Å². The highest BCUT2D eigenvalue weighted by Crippen LogP contribution is 2.31. The first-order valence-corrected chi connectivity index (χ1v) is 5.36. The molecule has 2 N–H and O–H groups in total. The molecular weight excluding hydrogens is 206 g/mol. The van der Waals surface area contributed by atoms with E-state index < -0.39 is 5.97 Å². The van der Waals surface area contributed by atoms with Crippen molar-refractivity contribution in [1.29, 1.82) is 0 Å². The molecule has 0 unspecified atom stereocenters. The lowest BCUT2D eigenvalue weighted by Crippen LogP contribution is -2.25. The quantitative estimate of drug-likeness (QED) is 0.626.